The van der Waals surface area contributed by atoms with E-state index in [1.54, 1.807) is 6.92 Å². The molecule has 23 heavy (non-hydrogen) atoms. The van der Waals surface area contributed by atoms with Gasteiger partial charge < -0.3 is 15.8 Å². The van der Waals surface area contributed by atoms with Crippen LogP contribution in [-0.2, 0) is 14.3 Å². The lowest BCUT2D eigenvalue weighted by molar-refractivity contribution is -0.145. The van der Waals surface area contributed by atoms with Crippen molar-refractivity contribution in [2.45, 2.75) is 32.1 Å². The zero-order valence-electron chi connectivity index (χ0n) is 13.7. The average molecular weight is 318 g/mol. The highest BCUT2D eigenvalue weighted by Gasteiger charge is 2.32. The number of hydrogen-bond donors (Lipinski definition) is 2. The molecule has 1 aromatic carbocycles. The van der Waals surface area contributed by atoms with Gasteiger partial charge >= 0.3 is 5.97 Å². The molecule has 0 saturated heterocycles. The maximum atomic E-state index is 12.4. The molecule has 1 amide bonds. The minimum absolute atomic E-state index is 0.00294. The number of rotatable bonds is 7. The van der Waals surface area contributed by atoms with Crippen LogP contribution >= 0.6 is 0 Å². The number of carbonyl (C=O) groups excluding carboxylic acids is 2. The normalized spacial score (nSPS) is 21.7. The third kappa shape index (κ3) is 4.55. The summed E-state index contributed by atoms with van der Waals surface area (Å²) in [4.78, 5) is 24.6. The van der Waals surface area contributed by atoms with Crippen molar-refractivity contribution in [3.63, 3.8) is 0 Å². The Morgan fingerprint density at radius 2 is 2.04 bits per heavy atom. The number of nitrogens with two attached hydrogens (primary N) is 1. The van der Waals surface area contributed by atoms with Crippen molar-refractivity contribution in [2.75, 3.05) is 19.7 Å². The molecule has 1 fully saturated rings. The van der Waals surface area contributed by atoms with Crippen LogP contribution in [0.25, 0.3) is 0 Å². The molecule has 1 aliphatic carbocycles. The number of benzene rings is 1. The first kappa shape index (κ1) is 17.5. The van der Waals surface area contributed by atoms with E-state index in [2.05, 4.69) is 5.32 Å². The second kappa shape index (κ2) is 8.67. The van der Waals surface area contributed by atoms with Gasteiger partial charge in [-0.25, -0.2) is 0 Å². The summed E-state index contributed by atoms with van der Waals surface area (Å²) in [6, 6.07) is 9.42. The third-order valence-electron chi connectivity index (χ3n) is 4.55. The minimum atomic E-state index is -0.474. The van der Waals surface area contributed by atoms with Crippen molar-refractivity contribution in [1.29, 1.82) is 0 Å². The first-order chi connectivity index (χ1) is 11.2. The van der Waals surface area contributed by atoms with Crippen molar-refractivity contribution in [2.24, 2.45) is 17.6 Å². The van der Waals surface area contributed by atoms with Crippen LogP contribution in [0.2, 0.25) is 0 Å². The van der Waals surface area contributed by atoms with Crippen LogP contribution in [0.4, 0.5) is 0 Å². The summed E-state index contributed by atoms with van der Waals surface area (Å²) in [7, 11) is 0. The molecular weight excluding hydrogens is 292 g/mol. The molecule has 1 saturated carbocycles. The highest BCUT2D eigenvalue weighted by Crippen LogP contribution is 2.31. The summed E-state index contributed by atoms with van der Waals surface area (Å²) >= 11 is 0. The molecule has 1 unspecified atom stereocenters. The van der Waals surface area contributed by atoms with E-state index >= 15 is 0 Å². The molecule has 5 heteroatoms. The van der Waals surface area contributed by atoms with Gasteiger partial charge in [0.15, 0.2) is 0 Å². The van der Waals surface area contributed by atoms with E-state index in [0.717, 1.165) is 24.8 Å². The van der Waals surface area contributed by atoms with Crippen LogP contribution in [-0.4, -0.2) is 31.6 Å². The van der Waals surface area contributed by atoms with Gasteiger partial charge in [0.05, 0.1) is 12.5 Å². The molecule has 0 spiro atoms. The fourth-order valence-corrected chi connectivity index (χ4v) is 3.26. The summed E-state index contributed by atoms with van der Waals surface area (Å²) < 4.78 is 5.15. The van der Waals surface area contributed by atoms with Gasteiger partial charge in [-0.2, -0.15) is 0 Å². The maximum absolute atomic E-state index is 12.4. The van der Waals surface area contributed by atoms with Gasteiger partial charge in [0.1, 0.15) is 0 Å². The molecule has 126 valence electrons. The van der Waals surface area contributed by atoms with Gasteiger partial charge in [-0.3, -0.25) is 9.59 Å². The predicted molar refractivity (Wildman–Crippen MR) is 88.7 cm³/mol. The van der Waals surface area contributed by atoms with E-state index in [-0.39, 0.29) is 30.3 Å². The molecule has 3 N–H and O–H groups in total. The molecule has 5 nitrogen and oxygen atoms in total. The lowest BCUT2D eigenvalue weighted by Gasteiger charge is -2.20. The molecule has 1 aliphatic rings. The molecule has 3 atom stereocenters. The first-order valence-electron chi connectivity index (χ1n) is 8.36. The summed E-state index contributed by atoms with van der Waals surface area (Å²) in [5, 5.41) is 2.93. The van der Waals surface area contributed by atoms with Gasteiger partial charge in [0, 0.05) is 12.5 Å². The fourth-order valence-electron chi connectivity index (χ4n) is 3.26. The number of hydrogen-bond acceptors (Lipinski definition) is 4. The molecule has 0 aliphatic heterocycles. The summed E-state index contributed by atoms with van der Waals surface area (Å²) in [5.74, 6) is -0.548. The van der Waals surface area contributed by atoms with E-state index in [0.29, 0.717) is 13.2 Å². The van der Waals surface area contributed by atoms with Crippen LogP contribution in [0.15, 0.2) is 30.3 Å². The van der Waals surface area contributed by atoms with Crippen LogP contribution < -0.4 is 11.1 Å². The monoisotopic (exact) mass is 318 g/mol. The van der Waals surface area contributed by atoms with Crippen molar-refractivity contribution < 1.29 is 14.3 Å². The Balaban J connectivity index is 2.00. The molecule has 0 aromatic heterocycles. The molecule has 0 heterocycles. The minimum Gasteiger partial charge on any atom is -0.465 e. The average Bonchev–Trinajstić information content (AvgIpc) is 3.05. The zero-order chi connectivity index (χ0) is 16.7. The van der Waals surface area contributed by atoms with Crippen molar-refractivity contribution >= 4 is 11.9 Å². The Labute approximate surface area is 137 Å². The Hall–Kier alpha value is -1.88. The molecular formula is C18H26N2O3. The van der Waals surface area contributed by atoms with E-state index in [4.69, 9.17) is 10.5 Å². The van der Waals surface area contributed by atoms with Gasteiger partial charge in [-0.05, 0) is 37.8 Å². The standard InChI is InChI=1S/C18H26N2O3/c1-2-23-18(22)16(13-7-4-3-5-8-13)12-20-17(21)15-10-6-9-14(15)11-19/h3-5,7-8,14-16H,2,6,9-12,19H2,1H3,(H,20,21)/t14-,15-,16?/m1/s1. The molecule has 0 bridgehead atoms. The Kier molecular flexibility index (Phi) is 6.59. The predicted octanol–water partition coefficient (Wildman–Crippen LogP) is 1.82. The second-order valence-electron chi connectivity index (χ2n) is 5.99. The highest BCUT2D eigenvalue weighted by molar-refractivity contribution is 5.82. The summed E-state index contributed by atoms with van der Waals surface area (Å²) in [6.07, 6.45) is 2.93. The Morgan fingerprint density at radius 1 is 1.30 bits per heavy atom. The van der Waals surface area contributed by atoms with Crippen LogP contribution in [0.1, 0.15) is 37.7 Å². The quantitative estimate of drug-likeness (QED) is 0.752. The fraction of sp³-hybridized carbons (Fsp3) is 0.556. The molecule has 1 aromatic rings. The molecule has 2 rings (SSSR count). The number of amides is 1. The van der Waals surface area contributed by atoms with Gasteiger partial charge in [0.2, 0.25) is 5.91 Å². The largest absolute Gasteiger partial charge is 0.465 e. The van der Waals surface area contributed by atoms with Crippen molar-refractivity contribution in [3.05, 3.63) is 35.9 Å². The molecule has 0 radical (unpaired) electrons. The maximum Gasteiger partial charge on any atom is 0.315 e. The SMILES string of the molecule is CCOC(=O)C(CNC(=O)[C@@H]1CCC[C@@H]1CN)c1ccccc1. The van der Waals surface area contributed by atoms with Crippen molar-refractivity contribution in [1.82, 2.24) is 5.32 Å². The number of esters is 1. The van der Waals surface area contributed by atoms with Crippen molar-refractivity contribution in [3.8, 4) is 0 Å². The summed E-state index contributed by atoms with van der Waals surface area (Å²) in [6.45, 7) is 2.91. The lowest BCUT2D eigenvalue weighted by Crippen LogP contribution is -2.38. The van der Waals surface area contributed by atoms with E-state index in [9.17, 15) is 9.59 Å². The van der Waals surface area contributed by atoms with Crippen LogP contribution in [0.3, 0.4) is 0 Å². The number of nitrogens with one attached hydrogen (secondary N) is 1. The first-order valence-corrected chi connectivity index (χ1v) is 8.36. The van der Waals surface area contributed by atoms with Gasteiger partial charge in [-0.15, -0.1) is 0 Å². The topological polar surface area (TPSA) is 81.4 Å². The third-order valence-corrected chi connectivity index (χ3v) is 4.55. The van der Waals surface area contributed by atoms with E-state index in [1.165, 1.54) is 0 Å². The number of carbonyl (C=O) groups is 2. The van der Waals surface area contributed by atoms with Crippen LogP contribution in [0.5, 0.6) is 0 Å². The van der Waals surface area contributed by atoms with Gasteiger partial charge in [-0.1, -0.05) is 36.8 Å². The number of ether oxygens (including phenoxy) is 1. The Bertz CT molecular complexity index is 518. The summed E-state index contributed by atoms with van der Waals surface area (Å²) in [5.41, 5.74) is 6.60. The Morgan fingerprint density at radius 3 is 2.70 bits per heavy atom. The second-order valence-corrected chi connectivity index (χ2v) is 5.99. The lowest BCUT2D eigenvalue weighted by atomic mass is 9.94. The highest BCUT2D eigenvalue weighted by atomic mass is 16.5. The zero-order valence-corrected chi connectivity index (χ0v) is 13.7. The van der Waals surface area contributed by atoms with Crippen LogP contribution in [0, 0.1) is 11.8 Å². The smallest absolute Gasteiger partial charge is 0.315 e. The van der Waals surface area contributed by atoms with E-state index < -0.39 is 5.92 Å². The van der Waals surface area contributed by atoms with E-state index in [1.807, 2.05) is 30.3 Å². The van der Waals surface area contributed by atoms with Gasteiger partial charge in [0.25, 0.3) is 0 Å².